The molecule has 0 amide bonds. The first kappa shape index (κ1) is 33.9. The van der Waals surface area contributed by atoms with E-state index in [-0.39, 0.29) is 83.6 Å². The minimum Gasteiger partial charge on any atom is -0.368 e. The third-order valence-electron chi connectivity index (χ3n) is 6.50. The van der Waals surface area contributed by atoms with Crippen LogP contribution in [0.3, 0.4) is 0 Å². The molecule has 0 atom stereocenters. The van der Waals surface area contributed by atoms with Gasteiger partial charge in [-0.05, 0) is 19.8 Å². The van der Waals surface area contributed by atoms with Crippen molar-refractivity contribution in [3.63, 3.8) is 0 Å². The first-order valence-electron chi connectivity index (χ1n) is 14.7. The van der Waals surface area contributed by atoms with E-state index in [2.05, 4.69) is 143 Å². The van der Waals surface area contributed by atoms with Gasteiger partial charge < -0.3 is 11.5 Å². The highest BCUT2D eigenvalue weighted by molar-refractivity contribution is 5.43. The molecule has 32 nitrogen and oxygen atoms in total. The van der Waals surface area contributed by atoms with Gasteiger partial charge in [0.25, 0.3) is 59.5 Å². The van der Waals surface area contributed by atoms with Crippen molar-refractivity contribution < 1.29 is 0 Å². The Labute approximate surface area is 288 Å². The van der Waals surface area contributed by atoms with E-state index < -0.39 is 0 Å². The van der Waals surface area contributed by atoms with Crippen LogP contribution in [0.1, 0.15) is 33.6 Å². The molecular formula is C20H26N32. The minimum absolute atomic E-state index is 0.00617. The highest BCUT2D eigenvalue weighted by atomic mass is 15.5. The van der Waals surface area contributed by atoms with E-state index in [0.29, 0.717) is 0 Å². The zero-order valence-electron chi connectivity index (χ0n) is 27.4. The van der Waals surface area contributed by atoms with Gasteiger partial charge in [-0.3, -0.25) is 10.6 Å². The van der Waals surface area contributed by atoms with Crippen LogP contribution in [0.25, 0.3) is 11.9 Å². The van der Waals surface area contributed by atoms with Crippen LogP contribution in [-0.4, -0.2) is 120 Å². The van der Waals surface area contributed by atoms with Gasteiger partial charge in [-0.15, -0.1) is 81.6 Å². The van der Waals surface area contributed by atoms with Gasteiger partial charge in [0.2, 0.25) is 11.9 Å². The van der Waals surface area contributed by atoms with E-state index in [9.17, 15) is 0 Å². The van der Waals surface area contributed by atoms with E-state index in [4.69, 9.17) is 11.5 Å². The summed E-state index contributed by atoms with van der Waals surface area (Å²) in [5.41, 5.74) is 11.5. The zero-order valence-corrected chi connectivity index (χ0v) is 27.4. The molecule has 32 heteroatoms. The zero-order chi connectivity index (χ0) is 36.5. The maximum Gasteiger partial charge on any atom is 0.292 e. The molecule has 0 radical (unpaired) electrons. The molecule has 0 spiro atoms. The first-order chi connectivity index (χ1) is 25.2. The average molecular weight is 715 g/mol. The van der Waals surface area contributed by atoms with Gasteiger partial charge in [0, 0.05) is 7.05 Å². The topological polar surface area (TPSA) is 423 Å². The fourth-order valence-corrected chi connectivity index (χ4v) is 3.50. The number of aromatic amines is 2. The van der Waals surface area contributed by atoms with Gasteiger partial charge in [0.15, 0.2) is 6.67 Å². The number of nitrogens with two attached hydrogens (primary N) is 2. The molecule has 6 rings (SSSR count). The second kappa shape index (κ2) is 15.1. The maximum absolute atomic E-state index is 5.94. The normalized spacial score (nSPS) is 12.3. The number of nitrogen functional groups attached to an aromatic ring is 2. The van der Waals surface area contributed by atoms with Crippen molar-refractivity contribution in [2.45, 2.75) is 39.2 Å². The summed E-state index contributed by atoms with van der Waals surface area (Å²) in [6.07, 6.45) is 1.60. The molecule has 0 aliphatic rings. The van der Waals surface area contributed by atoms with Crippen molar-refractivity contribution >= 4 is 59.5 Å². The van der Waals surface area contributed by atoms with Gasteiger partial charge in [-0.25, -0.2) is 10.2 Å². The molecule has 0 unspecified atom stereocenters. The lowest BCUT2D eigenvalue weighted by molar-refractivity contribution is 0.420. The summed E-state index contributed by atoms with van der Waals surface area (Å²) in [5.74, 6) is 0.0477. The second-order valence-corrected chi connectivity index (χ2v) is 9.95. The third-order valence-corrected chi connectivity index (χ3v) is 6.50. The SMILES string of the molecule is CCC(C)(CC)N=Nc1nc(N)n(-c2nnc(Nc3n[nH]c(N=NCN=Nc4nc(N)n(-c5nnc(Nc6n[nH]c(N=NC)n6)nn5)n4)n3)nn2)n1. The molecule has 52 heavy (non-hydrogen) atoms. The Morgan fingerprint density at radius 3 is 1.62 bits per heavy atom. The highest BCUT2D eigenvalue weighted by Gasteiger charge is 2.20. The van der Waals surface area contributed by atoms with Gasteiger partial charge in [-0.2, -0.15) is 49.8 Å². The van der Waals surface area contributed by atoms with Gasteiger partial charge >= 0.3 is 0 Å². The minimum atomic E-state index is -0.337. The maximum atomic E-state index is 5.94. The van der Waals surface area contributed by atoms with Gasteiger partial charge in [0.05, 0.1) is 5.54 Å². The van der Waals surface area contributed by atoms with Crippen LogP contribution in [0.4, 0.5) is 59.5 Å². The molecule has 6 aromatic rings. The lowest BCUT2D eigenvalue weighted by Gasteiger charge is -2.18. The number of nitrogens with one attached hydrogen (secondary N) is 4. The Balaban J connectivity index is 0.990. The molecule has 0 aliphatic heterocycles. The standard InChI is InChI=1S/C20H26N32/c1-5-20(3,6-2)50-43-17-27-9(22)52(49-17)19-46-41-15(42-47-19)31-11-29-13(38-36-11)33-24-7-25-34-16-26-8(21)51(48-16)18-44-39-14(40-45-18)30-10-28-12(32-23-4)37-35-10/h5-7H2,1-4H3,(H2,21,26,48)(H2,22,27,49)(H2,28,30,35,37,39,40)(H2,29,31,36,38,41,42). The number of hydrogen-bond donors (Lipinski definition) is 6. The fraction of sp³-hybridized carbons (Fsp3) is 0.400. The number of hydrogen-bond acceptors (Lipinski definition) is 28. The van der Waals surface area contributed by atoms with Gasteiger partial charge in [0.1, 0.15) is 0 Å². The Morgan fingerprint density at radius 1 is 0.635 bits per heavy atom. The van der Waals surface area contributed by atoms with E-state index in [1.54, 1.807) is 0 Å². The monoisotopic (exact) mass is 714 g/mol. The molecule has 0 fully saturated rings. The summed E-state index contributed by atoms with van der Waals surface area (Å²) in [6.45, 7) is 5.80. The Kier molecular flexibility index (Phi) is 9.83. The number of rotatable bonds is 15. The fourth-order valence-electron chi connectivity index (χ4n) is 3.50. The molecule has 6 aromatic heterocycles. The van der Waals surface area contributed by atoms with E-state index in [0.717, 1.165) is 22.2 Å². The summed E-state index contributed by atoms with van der Waals surface area (Å²) in [5, 5.41) is 89.0. The second-order valence-electron chi connectivity index (χ2n) is 9.95. The first-order valence-corrected chi connectivity index (χ1v) is 14.7. The number of aromatic nitrogens is 20. The molecule has 0 bridgehead atoms. The predicted molar refractivity (Wildman–Crippen MR) is 171 cm³/mol. The smallest absolute Gasteiger partial charge is 0.292 e. The van der Waals surface area contributed by atoms with Gasteiger partial charge in [-0.1, -0.05) is 13.8 Å². The predicted octanol–water partition coefficient (Wildman–Crippen LogP) is 1.10. The van der Waals surface area contributed by atoms with Crippen molar-refractivity contribution in [1.29, 1.82) is 0 Å². The Bertz CT molecular complexity index is 2190. The lowest BCUT2D eigenvalue weighted by atomic mass is 9.97. The molecule has 266 valence electrons. The van der Waals surface area contributed by atoms with Crippen LogP contribution in [0.2, 0.25) is 0 Å². The number of nitrogens with zero attached hydrogens (tertiary/aromatic N) is 26. The number of anilines is 6. The average Bonchev–Trinajstić information content (AvgIpc) is 3.96. The third kappa shape index (κ3) is 8.18. The van der Waals surface area contributed by atoms with Crippen LogP contribution in [0.5, 0.6) is 0 Å². The van der Waals surface area contributed by atoms with Crippen LogP contribution >= 0.6 is 0 Å². The van der Waals surface area contributed by atoms with Crippen LogP contribution in [0.15, 0.2) is 40.9 Å². The summed E-state index contributed by atoms with van der Waals surface area (Å²) < 4.78 is 2.19. The van der Waals surface area contributed by atoms with Crippen molar-refractivity contribution in [3.05, 3.63) is 0 Å². The van der Waals surface area contributed by atoms with Crippen LogP contribution < -0.4 is 22.1 Å². The van der Waals surface area contributed by atoms with E-state index >= 15 is 0 Å². The quantitative estimate of drug-likeness (QED) is 0.0810. The van der Waals surface area contributed by atoms with E-state index in [1.165, 1.54) is 7.05 Å². The molecule has 6 heterocycles. The van der Waals surface area contributed by atoms with Crippen molar-refractivity contribution in [2.75, 3.05) is 35.8 Å². The lowest BCUT2D eigenvalue weighted by Crippen LogP contribution is -2.17. The van der Waals surface area contributed by atoms with E-state index in [1.807, 2.05) is 20.8 Å². The molecular weight excluding hydrogens is 688 g/mol. The largest absolute Gasteiger partial charge is 0.368 e. The Morgan fingerprint density at radius 2 is 1.12 bits per heavy atom. The highest BCUT2D eigenvalue weighted by Crippen LogP contribution is 2.22. The summed E-state index contributed by atoms with van der Waals surface area (Å²) in [7, 11) is 1.49. The summed E-state index contributed by atoms with van der Waals surface area (Å²) >= 11 is 0. The summed E-state index contributed by atoms with van der Waals surface area (Å²) in [4.78, 5) is 16.1. The number of azo groups is 4. The van der Waals surface area contributed by atoms with Crippen LogP contribution in [0, 0.1) is 0 Å². The Hall–Kier alpha value is -7.96. The van der Waals surface area contributed by atoms with Crippen LogP contribution in [-0.2, 0) is 0 Å². The van der Waals surface area contributed by atoms with Crippen molar-refractivity contribution in [1.82, 2.24) is 101 Å². The molecule has 8 N–H and O–H groups in total. The molecule has 0 saturated carbocycles. The molecule has 0 aliphatic carbocycles. The number of H-pyrrole nitrogens is 2. The van der Waals surface area contributed by atoms with Crippen molar-refractivity contribution in [3.8, 4) is 11.9 Å². The molecule has 0 saturated heterocycles. The van der Waals surface area contributed by atoms with Crippen molar-refractivity contribution in [2.24, 2.45) is 40.9 Å². The molecule has 0 aromatic carbocycles. The summed E-state index contributed by atoms with van der Waals surface area (Å²) in [6, 6.07) is 0.